The molecule has 1 amide bonds. The minimum Gasteiger partial charge on any atom is -0.351 e. The van der Waals surface area contributed by atoms with Gasteiger partial charge in [0.25, 0.3) is 0 Å². The van der Waals surface area contributed by atoms with Crippen molar-refractivity contribution in [2.24, 2.45) is 7.05 Å². The van der Waals surface area contributed by atoms with Gasteiger partial charge in [-0.25, -0.2) is 0 Å². The minimum atomic E-state index is -0.0102. The maximum Gasteiger partial charge on any atom is 0.230 e. The molecule has 2 aromatic heterocycles. The largest absolute Gasteiger partial charge is 0.351 e. The molecule has 0 fully saturated rings. The number of hydrogen-bond donors (Lipinski definition) is 1. The number of thiophene rings is 1. The molecule has 0 atom stereocenters. The van der Waals surface area contributed by atoms with Crippen molar-refractivity contribution in [2.45, 2.75) is 32.0 Å². The summed E-state index contributed by atoms with van der Waals surface area (Å²) >= 11 is 3.15. The molecule has 5 nitrogen and oxygen atoms in total. The van der Waals surface area contributed by atoms with E-state index in [9.17, 15) is 4.79 Å². The number of nitrogens with one attached hydrogen (secondary N) is 1. The highest BCUT2D eigenvalue weighted by molar-refractivity contribution is 7.99. The predicted octanol–water partition coefficient (Wildman–Crippen LogP) is 3.82. The lowest BCUT2D eigenvalue weighted by Crippen LogP contribution is -2.24. The molecule has 0 aliphatic heterocycles. The van der Waals surface area contributed by atoms with Gasteiger partial charge in [0.15, 0.2) is 11.0 Å². The summed E-state index contributed by atoms with van der Waals surface area (Å²) in [4.78, 5) is 13.4. The number of aryl methyl sites for hydroxylation is 1. The van der Waals surface area contributed by atoms with Gasteiger partial charge in [0.1, 0.15) is 0 Å². The normalized spacial score (nSPS) is 10.9. The topological polar surface area (TPSA) is 59.8 Å². The molecule has 0 saturated heterocycles. The van der Waals surface area contributed by atoms with E-state index in [0.717, 1.165) is 28.5 Å². The van der Waals surface area contributed by atoms with Crippen LogP contribution in [0, 0.1) is 6.92 Å². The van der Waals surface area contributed by atoms with Crippen LogP contribution in [-0.4, -0.2) is 26.4 Å². The fourth-order valence-electron chi connectivity index (χ4n) is 2.76. The number of thioether (sulfide) groups is 1. The number of amides is 1. The molecule has 3 rings (SSSR count). The van der Waals surface area contributed by atoms with Crippen LogP contribution in [0.5, 0.6) is 0 Å². The van der Waals surface area contributed by atoms with E-state index in [2.05, 4.69) is 34.7 Å². The van der Waals surface area contributed by atoms with E-state index < -0.39 is 0 Å². The summed E-state index contributed by atoms with van der Waals surface area (Å²) in [5.74, 6) is 1.17. The fraction of sp³-hybridized carbons (Fsp3) is 0.316. The van der Waals surface area contributed by atoms with Crippen molar-refractivity contribution in [3.63, 3.8) is 0 Å². The molecule has 136 valence electrons. The number of nitrogens with zero attached hydrogens (tertiary/aromatic N) is 3. The molecule has 0 spiro atoms. The van der Waals surface area contributed by atoms with E-state index in [1.807, 2.05) is 41.9 Å². The second kappa shape index (κ2) is 8.51. The Kier molecular flexibility index (Phi) is 6.11. The van der Waals surface area contributed by atoms with Crippen LogP contribution in [0.3, 0.4) is 0 Å². The number of aromatic nitrogens is 3. The Balaban J connectivity index is 1.61. The molecule has 26 heavy (non-hydrogen) atoms. The molecule has 7 heteroatoms. The number of benzene rings is 1. The Bertz CT molecular complexity index is 886. The molecule has 0 unspecified atom stereocenters. The van der Waals surface area contributed by atoms with Gasteiger partial charge in [-0.3, -0.25) is 4.79 Å². The second-order valence-electron chi connectivity index (χ2n) is 5.95. The van der Waals surface area contributed by atoms with Crippen LogP contribution in [0.4, 0.5) is 0 Å². The Labute approximate surface area is 161 Å². The molecule has 3 aromatic rings. The summed E-state index contributed by atoms with van der Waals surface area (Å²) in [6.45, 7) is 4.83. The van der Waals surface area contributed by atoms with Crippen LogP contribution in [0.2, 0.25) is 0 Å². The first-order valence-electron chi connectivity index (χ1n) is 8.50. The van der Waals surface area contributed by atoms with Gasteiger partial charge < -0.3 is 9.88 Å². The Hall–Kier alpha value is -2.12. The number of carbonyl (C=O) groups excluding carboxylic acids is 1. The maximum atomic E-state index is 12.1. The molecule has 1 N–H and O–H groups in total. The second-order valence-corrected chi connectivity index (χ2v) is 7.98. The van der Waals surface area contributed by atoms with Crippen molar-refractivity contribution in [3.05, 3.63) is 51.7 Å². The molecular weight excluding hydrogens is 364 g/mol. The summed E-state index contributed by atoms with van der Waals surface area (Å²) in [7, 11) is 1.95. The molecule has 0 saturated carbocycles. The maximum absolute atomic E-state index is 12.1. The van der Waals surface area contributed by atoms with E-state index >= 15 is 0 Å². The van der Waals surface area contributed by atoms with Gasteiger partial charge >= 0.3 is 0 Å². The van der Waals surface area contributed by atoms with E-state index in [-0.39, 0.29) is 5.91 Å². The number of hydrogen-bond acceptors (Lipinski definition) is 5. The van der Waals surface area contributed by atoms with Gasteiger partial charge in [0.05, 0.1) is 5.75 Å². The SMILES string of the molecule is CCc1c(-c2nnc(SCC(=O)NCc3ccccc3)n2C)csc1C. The summed E-state index contributed by atoms with van der Waals surface area (Å²) < 4.78 is 1.97. The zero-order valence-electron chi connectivity index (χ0n) is 15.2. The third kappa shape index (κ3) is 4.16. The Morgan fingerprint density at radius 2 is 2.04 bits per heavy atom. The van der Waals surface area contributed by atoms with Gasteiger partial charge in [-0.15, -0.1) is 21.5 Å². The highest BCUT2D eigenvalue weighted by atomic mass is 32.2. The smallest absolute Gasteiger partial charge is 0.230 e. The average Bonchev–Trinajstić information content (AvgIpc) is 3.21. The lowest BCUT2D eigenvalue weighted by Gasteiger charge is -2.06. The first-order chi connectivity index (χ1) is 12.6. The van der Waals surface area contributed by atoms with Crippen molar-refractivity contribution < 1.29 is 4.79 Å². The summed E-state index contributed by atoms with van der Waals surface area (Å²) in [5, 5.41) is 14.4. The molecule has 0 radical (unpaired) electrons. The van der Waals surface area contributed by atoms with Crippen LogP contribution in [0.1, 0.15) is 22.9 Å². The molecule has 0 aliphatic rings. The molecule has 0 bridgehead atoms. The highest BCUT2D eigenvalue weighted by Crippen LogP contribution is 2.31. The summed E-state index contributed by atoms with van der Waals surface area (Å²) in [6, 6.07) is 9.89. The van der Waals surface area contributed by atoms with Crippen LogP contribution >= 0.6 is 23.1 Å². The van der Waals surface area contributed by atoms with Crippen molar-refractivity contribution in [1.82, 2.24) is 20.1 Å². The molecule has 2 heterocycles. The number of rotatable bonds is 7. The first-order valence-corrected chi connectivity index (χ1v) is 10.4. The van der Waals surface area contributed by atoms with Gasteiger partial charge in [-0.1, -0.05) is 49.0 Å². The van der Waals surface area contributed by atoms with Crippen LogP contribution in [-0.2, 0) is 24.8 Å². The van der Waals surface area contributed by atoms with Gasteiger partial charge in [0, 0.05) is 29.4 Å². The van der Waals surface area contributed by atoms with Crippen LogP contribution in [0.25, 0.3) is 11.4 Å². The van der Waals surface area contributed by atoms with Crippen molar-refractivity contribution in [1.29, 1.82) is 0 Å². The molecule has 1 aromatic carbocycles. The van der Waals surface area contributed by atoms with E-state index in [1.165, 1.54) is 22.2 Å². The van der Waals surface area contributed by atoms with Gasteiger partial charge in [-0.05, 0) is 24.5 Å². The van der Waals surface area contributed by atoms with E-state index in [1.54, 1.807) is 11.3 Å². The van der Waals surface area contributed by atoms with Gasteiger partial charge in [0.2, 0.25) is 5.91 Å². The lowest BCUT2D eigenvalue weighted by atomic mass is 10.1. The predicted molar refractivity (Wildman–Crippen MR) is 107 cm³/mol. The summed E-state index contributed by atoms with van der Waals surface area (Å²) in [5.41, 5.74) is 3.56. The monoisotopic (exact) mass is 386 g/mol. The van der Waals surface area contributed by atoms with Crippen LogP contribution in [0.15, 0.2) is 40.9 Å². The first kappa shape index (κ1) is 18.7. The fourth-order valence-corrected chi connectivity index (χ4v) is 4.44. The van der Waals surface area contributed by atoms with Crippen LogP contribution < -0.4 is 5.32 Å². The van der Waals surface area contributed by atoms with Crippen molar-refractivity contribution in [3.8, 4) is 11.4 Å². The van der Waals surface area contributed by atoms with Crippen molar-refractivity contribution >= 4 is 29.0 Å². The summed E-state index contributed by atoms with van der Waals surface area (Å²) in [6.07, 6.45) is 0.974. The molecular formula is C19H22N4OS2. The Morgan fingerprint density at radius 3 is 2.77 bits per heavy atom. The minimum absolute atomic E-state index is 0.0102. The lowest BCUT2D eigenvalue weighted by molar-refractivity contribution is -0.118. The Morgan fingerprint density at radius 1 is 1.27 bits per heavy atom. The number of carbonyl (C=O) groups is 1. The highest BCUT2D eigenvalue weighted by Gasteiger charge is 2.17. The molecule has 0 aliphatic carbocycles. The third-order valence-electron chi connectivity index (χ3n) is 4.20. The van der Waals surface area contributed by atoms with Crippen molar-refractivity contribution in [2.75, 3.05) is 5.75 Å². The standard InChI is InChI=1S/C19H22N4OS2/c1-4-15-13(2)25-11-16(15)18-21-22-19(23(18)3)26-12-17(24)20-10-14-8-6-5-7-9-14/h5-9,11H,4,10,12H2,1-3H3,(H,20,24). The third-order valence-corrected chi connectivity index (χ3v) is 6.17. The zero-order chi connectivity index (χ0) is 18.5. The van der Waals surface area contributed by atoms with Gasteiger partial charge in [-0.2, -0.15) is 0 Å². The zero-order valence-corrected chi connectivity index (χ0v) is 16.8. The quantitative estimate of drug-likeness (QED) is 0.627. The van der Waals surface area contributed by atoms with E-state index in [4.69, 9.17) is 0 Å². The van der Waals surface area contributed by atoms with E-state index in [0.29, 0.717) is 12.3 Å². The average molecular weight is 387 g/mol.